The Balaban J connectivity index is 1.71. The molecule has 1 heterocycles. The first-order valence-electron chi connectivity index (χ1n) is 6.41. The SMILES string of the molecule is CCCOCCOCCNCC1CCCO1. The molecule has 0 aromatic heterocycles. The molecule has 1 aliphatic rings. The van der Waals surface area contributed by atoms with Crippen LogP contribution in [0.15, 0.2) is 0 Å². The Bertz CT molecular complexity index is 149. The third-order valence-electron chi connectivity index (χ3n) is 2.54. The van der Waals surface area contributed by atoms with Crippen LogP contribution in [0.25, 0.3) is 0 Å². The normalized spacial score (nSPS) is 20.4. The molecule has 0 bridgehead atoms. The van der Waals surface area contributed by atoms with Gasteiger partial charge in [-0.05, 0) is 19.3 Å². The van der Waals surface area contributed by atoms with E-state index < -0.39 is 0 Å². The van der Waals surface area contributed by atoms with Crippen molar-refractivity contribution in [2.75, 3.05) is 46.1 Å². The molecule has 0 aromatic rings. The molecule has 0 aliphatic carbocycles. The van der Waals surface area contributed by atoms with Crippen molar-refractivity contribution >= 4 is 0 Å². The summed E-state index contributed by atoms with van der Waals surface area (Å²) < 4.78 is 16.2. The zero-order chi connectivity index (χ0) is 11.5. The van der Waals surface area contributed by atoms with Gasteiger partial charge >= 0.3 is 0 Å². The van der Waals surface area contributed by atoms with Crippen LogP contribution in [-0.4, -0.2) is 52.2 Å². The van der Waals surface area contributed by atoms with Gasteiger partial charge in [-0.25, -0.2) is 0 Å². The Hall–Kier alpha value is -0.160. The van der Waals surface area contributed by atoms with Crippen molar-refractivity contribution in [1.82, 2.24) is 5.32 Å². The predicted molar refractivity (Wildman–Crippen MR) is 63.8 cm³/mol. The highest BCUT2D eigenvalue weighted by Gasteiger charge is 2.13. The first-order chi connectivity index (χ1) is 7.93. The summed E-state index contributed by atoms with van der Waals surface area (Å²) in [5, 5.41) is 3.34. The minimum atomic E-state index is 0.424. The second kappa shape index (κ2) is 10.0. The van der Waals surface area contributed by atoms with E-state index in [1.165, 1.54) is 12.8 Å². The monoisotopic (exact) mass is 231 g/mol. The van der Waals surface area contributed by atoms with Crippen LogP contribution in [0.3, 0.4) is 0 Å². The molecule has 0 aromatic carbocycles. The van der Waals surface area contributed by atoms with Gasteiger partial charge in [0, 0.05) is 26.3 Å². The van der Waals surface area contributed by atoms with E-state index in [2.05, 4.69) is 12.2 Å². The predicted octanol–water partition coefficient (Wildman–Crippen LogP) is 1.20. The van der Waals surface area contributed by atoms with Crippen molar-refractivity contribution in [3.05, 3.63) is 0 Å². The van der Waals surface area contributed by atoms with Crippen molar-refractivity contribution in [3.8, 4) is 0 Å². The molecule has 16 heavy (non-hydrogen) atoms. The Labute approximate surface area is 98.6 Å². The van der Waals surface area contributed by atoms with Gasteiger partial charge < -0.3 is 19.5 Å². The fourth-order valence-corrected chi connectivity index (χ4v) is 1.68. The van der Waals surface area contributed by atoms with Gasteiger partial charge in [0.1, 0.15) is 0 Å². The zero-order valence-electron chi connectivity index (χ0n) is 10.4. The van der Waals surface area contributed by atoms with Crippen molar-refractivity contribution in [2.24, 2.45) is 0 Å². The Morgan fingerprint density at radius 1 is 1.19 bits per heavy atom. The molecule has 1 atom stereocenters. The van der Waals surface area contributed by atoms with Gasteiger partial charge in [-0.3, -0.25) is 0 Å². The number of ether oxygens (including phenoxy) is 3. The maximum atomic E-state index is 5.50. The zero-order valence-corrected chi connectivity index (χ0v) is 10.4. The summed E-state index contributed by atoms with van der Waals surface area (Å²) in [6.45, 7) is 7.88. The maximum Gasteiger partial charge on any atom is 0.0701 e. The van der Waals surface area contributed by atoms with Crippen LogP contribution < -0.4 is 5.32 Å². The largest absolute Gasteiger partial charge is 0.379 e. The molecule has 0 saturated carbocycles. The molecule has 1 saturated heterocycles. The van der Waals surface area contributed by atoms with Crippen LogP contribution in [0.2, 0.25) is 0 Å². The summed E-state index contributed by atoms with van der Waals surface area (Å²) in [6, 6.07) is 0. The number of rotatable bonds is 10. The molecule has 1 rings (SSSR count). The molecule has 1 N–H and O–H groups in total. The lowest BCUT2D eigenvalue weighted by Gasteiger charge is -2.10. The van der Waals surface area contributed by atoms with E-state index in [1.807, 2.05) is 0 Å². The molecular weight excluding hydrogens is 206 g/mol. The van der Waals surface area contributed by atoms with Crippen LogP contribution >= 0.6 is 0 Å². The van der Waals surface area contributed by atoms with E-state index in [0.29, 0.717) is 19.3 Å². The molecule has 1 aliphatic heterocycles. The molecule has 1 fully saturated rings. The first-order valence-corrected chi connectivity index (χ1v) is 6.41. The van der Waals surface area contributed by atoms with Gasteiger partial charge in [-0.1, -0.05) is 6.92 Å². The maximum absolute atomic E-state index is 5.50. The summed E-state index contributed by atoms with van der Waals surface area (Å²) in [5.41, 5.74) is 0. The van der Waals surface area contributed by atoms with Crippen molar-refractivity contribution in [1.29, 1.82) is 0 Å². The smallest absolute Gasteiger partial charge is 0.0701 e. The minimum Gasteiger partial charge on any atom is -0.379 e. The van der Waals surface area contributed by atoms with E-state index in [9.17, 15) is 0 Å². The van der Waals surface area contributed by atoms with Crippen molar-refractivity contribution in [2.45, 2.75) is 32.3 Å². The van der Waals surface area contributed by atoms with Gasteiger partial charge in [-0.2, -0.15) is 0 Å². The highest BCUT2D eigenvalue weighted by Crippen LogP contribution is 2.10. The minimum absolute atomic E-state index is 0.424. The molecule has 0 spiro atoms. The van der Waals surface area contributed by atoms with Gasteiger partial charge in [0.05, 0.1) is 25.9 Å². The molecule has 1 unspecified atom stereocenters. The topological polar surface area (TPSA) is 39.7 Å². The van der Waals surface area contributed by atoms with E-state index in [0.717, 1.165) is 39.3 Å². The third kappa shape index (κ3) is 7.17. The lowest BCUT2D eigenvalue weighted by Crippen LogP contribution is -2.29. The number of hydrogen-bond donors (Lipinski definition) is 1. The molecule has 96 valence electrons. The molecule has 4 heteroatoms. The lowest BCUT2D eigenvalue weighted by molar-refractivity contribution is 0.0475. The van der Waals surface area contributed by atoms with Crippen molar-refractivity contribution < 1.29 is 14.2 Å². The highest BCUT2D eigenvalue weighted by molar-refractivity contribution is 4.66. The van der Waals surface area contributed by atoms with Gasteiger partial charge in [0.25, 0.3) is 0 Å². The van der Waals surface area contributed by atoms with Gasteiger partial charge in [0.2, 0.25) is 0 Å². The van der Waals surface area contributed by atoms with Crippen LogP contribution in [0.1, 0.15) is 26.2 Å². The summed E-state index contributed by atoms with van der Waals surface area (Å²) >= 11 is 0. The van der Waals surface area contributed by atoms with Gasteiger partial charge in [0.15, 0.2) is 0 Å². The molecule has 4 nitrogen and oxygen atoms in total. The van der Waals surface area contributed by atoms with E-state index in [1.54, 1.807) is 0 Å². The van der Waals surface area contributed by atoms with E-state index in [4.69, 9.17) is 14.2 Å². The summed E-state index contributed by atoms with van der Waals surface area (Å²) in [7, 11) is 0. The number of hydrogen-bond acceptors (Lipinski definition) is 4. The van der Waals surface area contributed by atoms with E-state index >= 15 is 0 Å². The second-order valence-electron chi connectivity index (χ2n) is 4.06. The summed E-state index contributed by atoms with van der Waals surface area (Å²) in [4.78, 5) is 0. The Morgan fingerprint density at radius 3 is 2.69 bits per heavy atom. The lowest BCUT2D eigenvalue weighted by atomic mass is 10.2. The summed E-state index contributed by atoms with van der Waals surface area (Å²) in [5.74, 6) is 0. The van der Waals surface area contributed by atoms with Crippen molar-refractivity contribution in [3.63, 3.8) is 0 Å². The van der Waals surface area contributed by atoms with E-state index in [-0.39, 0.29) is 0 Å². The summed E-state index contributed by atoms with van der Waals surface area (Å²) in [6.07, 6.45) is 3.90. The Morgan fingerprint density at radius 2 is 2.00 bits per heavy atom. The Kier molecular flexibility index (Phi) is 8.71. The van der Waals surface area contributed by atoms with Crippen LogP contribution in [0.5, 0.6) is 0 Å². The average Bonchev–Trinajstić information content (AvgIpc) is 2.80. The van der Waals surface area contributed by atoms with Crippen LogP contribution in [0, 0.1) is 0 Å². The average molecular weight is 231 g/mol. The molecule has 0 radical (unpaired) electrons. The fourth-order valence-electron chi connectivity index (χ4n) is 1.68. The van der Waals surface area contributed by atoms with Gasteiger partial charge in [-0.15, -0.1) is 0 Å². The fraction of sp³-hybridized carbons (Fsp3) is 1.00. The number of nitrogens with one attached hydrogen (secondary N) is 1. The standard InChI is InChI=1S/C12H25NO3/c1-2-6-14-9-10-15-8-5-13-11-12-4-3-7-16-12/h12-13H,2-11H2,1H3. The quantitative estimate of drug-likeness (QED) is 0.573. The highest BCUT2D eigenvalue weighted by atomic mass is 16.5. The van der Waals surface area contributed by atoms with Crippen LogP contribution in [-0.2, 0) is 14.2 Å². The van der Waals surface area contributed by atoms with Crippen LogP contribution in [0.4, 0.5) is 0 Å². The first kappa shape index (κ1) is 13.9. The molecule has 0 amide bonds. The second-order valence-corrected chi connectivity index (χ2v) is 4.06. The molecular formula is C12H25NO3. The third-order valence-corrected chi connectivity index (χ3v) is 2.54.